The number of rotatable bonds is 7. The Labute approximate surface area is 116 Å². The van der Waals surface area contributed by atoms with Crippen LogP contribution < -0.4 is 5.73 Å². The van der Waals surface area contributed by atoms with Crippen LogP contribution in [0, 0.1) is 0 Å². The van der Waals surface area contributed by atoms with Crippen molar-refractivity contribution >= 4 is 5.91 Å². The summed E-state index contributed by atoms with van der Waals surface area (Å²) in [5, 5.41) is 0. The molecule has 0 unspecified atom stereocenters. The number of amides is 1. The average Bonchev–Trinajstić information content (AvgIpc) is 2.42. The van der Waals surface area contributed by atoms with Crippen molar-refractivity contribution in [3.8, 4) is 0 Å². The molecule has 4 heteroatoms. The Balaban J connectivity index is 2.74. The Hall–Kier alpha value is -1.42. The maximum absolute atomic E-state index is 12.4. The number of hydrogen-bond donors (Lipinski definition) is 1. The molecule has 0 aliphatic carbocycles. The Bertz CT molecular complexity index is 387. The van der Waals surface area contributed by atoms with E-state index >= 15 is 0 Å². The van der Waals surface area contributed by atoms with Crippen LogP contribution in [-0.4, -0.2) is 28.4 Å². The number of unbranched alkanes of at least 4 members (excludes halogenated alkanes) is 2. The van der Waals surface area contributed by atoms with Crippen LogP contribution in [0.5, 0.6) is 0 Å². The van der Waals surface area contributed by atoms with E-state index in [4.69, 9.17) is 5.73 Å². The summed E-state index contributed by atoms with van der Waals surface area (Å²) in [4.78, 5) is 18.5. The predicted molar refractivity (Wildman–Crippen MR) is 77.8 cm³/mol. The fraction of sp³-hybridized carbons (Fsp3) is 0.600. The lowest BCUT2D eigenvalue weighted by molar-refractivity contribution is 0.0696. The number of nitrogens with two attached hydrogens (primary N) is 1. The summed E-state index contributed by atoms with van der Waals surface area (Å²) < 4.78 is 0. The molecular weight excluding hydrogens is 238 g/mol. The summed E-state index contributed by atoms with van der Waals surface area (Å²) >= 11 is 0. The maximum atomic E-state index is 12.4. The van der Waals surface area contributed by atoms with Gasteiger partial charge in [-0.05, 0) is 31.9 Å². The summed E-state index contributed by atoms with van der Waals surface area (Å²) in [7, 11) is 0. The standard InChI is InChI=1S/C15H25N3O/c1-4-5-6-9-18(12(2)3)15(19)14-8-7-13(10-16)11-17-14/h7-8,11-12H,4-6,9-10,16H2,1-3H3. The van der Waals surface area contributed by atoms with E-state index in [9.17, 15) is 4.79 Å². The highest BCUT2D eigenvalue weighted by Gasteiger charge is 2.19. The zero-order valence-electron chi connectivity index (χ0n) is 12.2. The molecule has 106 valence electrons. The quantitative estimate of drug-likeness (QED) is 0.769. The molecule has 0 fully saturated rings. The molecular formula is C15H25N3O. The molecule has 0 spiro atoms. The molecule has 0 bridgehead atoms. The molecule has 1 rings (SSSR count). The first-order valence-electron chi connectivity index (χ1n) is 7.06. The highest BCUT2D eigenvalue weighted by atomic mass is 16.2. The smallest absolute Gasteiger partial charge is 0.272 e. The first-order valence-corrected chi connectivity index (χ1v) is 7.06. The van der Waals surface area contributed by atoms with E-state index in [2.05, 4.69) is 11.9 Å². The molecule has 0 saturated carbocycles. The van der Waals surface area contributed by atoms with Crippen molar-refractivity contribution in [1.29, 1.82) is 0 Å². The first kappa shape index (κ1) is 15.6. The lowest BCUT2D eigenvalue weighted by atomic mass is 10.2. The van der Waals surface area contributed by atoms with Crippen LogP contribution in [0.1, 0.15) is 56.1 Å². The zero-order valence-corrected chi connectivity index (χ0v) is 12.2. The predicted octanol–water partition coefficient (Wildman–Crippen LogP) is 2.58. The fourth-order valence-electron chi connectivity index (χ4n) is 1.95. The van der Waals surface area contributed by atoms with E-state index in [-0.39, 0.29) is 11.9 Å². The lowest BCUT2D eigenvalue weighted by Gasteiger charge is -2.26. The normalized spacial score (nSPS) is 10.8. The second-order valence-corrected chi connectivity index (χ2v) is 5.06. The van der Waals surface area contributed by atoms with Gasteiger partial charge >= 0.3 is 0 Å². The van der Waals surface area contributed by atoms with Crippen molar-refractivity contribution in [2.24, 2.45) is 5.73 Å². The SMILES string of the molecule is CCCCCN(C(=O)c1ccc(CN)cn1)C(C)C. The number of pyridine rings is 1. The molecule has 0 aromatic carbocycles. The van der Waals surface area contributed by atoms with Gasteiger partial charge in [-0.15, -0.1) is 0 Å². The van der Waals surface area contributed by atoms with Gasteiger partial charge in [0.25, 0.3) is 5.91 Å². The van der Waals surface area contributed by atoms with E-state index in [1.165, 1.54) is 0 Å². The highest BCUT2D eigenvalue weighted by molar-refractivity contribution is 5.92. The summed E-state index contributed by atoms with van der Waals surface area (Å²) in [6.07, 6.45) is 5.03. The number of carbonyl (C=O) groups excluding carboxylic acids is 1. The molecule has 1 heterocycles. The third kappa shape index (κ3) is 4.63. The van der Waals surface area contributed by atoms with Crippen LogP contribution in [0.4, 0.5) is 0 Å². The van der Waals surface area contributed by atoms with Crippen molar-refractivity contribution in [1.82, 2.24) is 9.88 Å². The minimum Gasteiger partial charge on any atom is -0.335 e. The third-order valence-corrected chi connectivity index (χ3v) is 3.17. The van der Waals surface area contributed by atoms with E-state index in [1.54, 1.807) is 12.3 Å². The van der Waals surface area contributed by atoms with E-state index in [1.807, 2.05) is 24.8 Å². The largest absolute Gasteiger partial charge is 0.335 e. The van der Waals surface area contributed by atoms with Gasteiger partial charge in [0.05, 0.1) is 0 Å². The van der Waals surface area contributed by atoms with Gasteiger partial charge in [0.1, 0.15) is 5.69 Å². The summed E-state index contributed by atoms with van der Waals surface area (Å²) in [5.74, 6) is 0.00896. The van der Waals surface area contributed by atoms with E-state index < -0.39 is 0 Å². The van der Waals surface area contributed by atoms with Gasteiger partial charge in [0.15, 0.2) is 0 Å². The van der Waals surface area contributed by atoms with Crippen molar-refractivity contribution in [3.05, 3.63) is 29.6 Å². The number of nitrogens with zero attached hydrogens (tertiary/aromatic N) is 2. The average molecular weight is 263 g/mol. The van der Waals surface area contributed by atoms with Crippen LogP contribution in [0.15, 0.2) is 18.3 Å². The van der Waals surface area contributed by atoms with Crippen molar-refractivity contribution < 1.29 is 4.79 Å². The Morgan fingerprint density at radius 2 is 2.11 bits per heavy atom. The highest BCUT2D eigenvalue weighted by Crippen LogP contribution is 2.09. The van der Waals surface area contributed by atoms with Crippen LogP contribution in [-0.2, 0) is 6.54 Å². The van der Waals surface area contributed by atoms with Crippen LogP contribution in [0.25, 0.3) is 0 Å². The molecule has 0 atom stereocenters. The topological polar surface area (TPSA) is 59.2 Å². The maximum Gasteiger partial charge on any atom is 0.272 e. The molecule has 2 N–H and O–H groups in total. The van der Waals surface area contributed by atoms with Crippen LogP contribution >= 0.6 is 0 Å². The molecule has 1 aromatic rings. The van der Waals surface area contributed by atoms with Gasteiger partial charge in [0.2, 0.25) is 0 Å². The van der Waals surface area contributed by atoms with Gasteiger partial charge in [0, 0.05) is 25.3 Å². The third-order valence-electron chi connectivity index (χ3n) is 3.17. The van der Waals surface area contributed by atoms with Gasteiger partial charge < -0.3 is 10.6 Å². The molecule has 19 heavy (non-hydrogen) atoms. The van der Waals surface area contributed by atoms with E-state index in [0.717, 1.165) is 31.4 Å². The van der Waals surface area contributed by atoms with E-state index in [0.29, 0.717) is 12.2 Å². The summed E-state index contributed by atoms with van der Waals surface area (Å²) in [5.41, 5.74) is 6.98. The Morgan fingerprint density at radius 1 is 1.37 bits per heavy atom. The van der Waals surface area contributed by atoms with Gasteiger partial charge in [-0.2, -0.15) is 0 Å². The molecule has 0 aliphatic heterocycles. The Kier molecular flexibility index (Phi) is 6.50. The van der Waals surface area contributed by atoms with Crippen LogP contribution in [0.2, 0.25) is 0 Å². The van der Waals surface area contributed by atoms with Crippen molar-refractivity contribution in [2.75, 3.05) is 6.54 Å². The van der Waals surface area contributed by atoms with Crippen molar-refractivity contribution in [2.45, 2.75) is 52.6 Å². The second kappa shape index (κ2) is 7.89. The minimum atomic E-state index is 0.00896. The molecule has 0 aliphatic rings. The second-order valence-electron chi connectivity index (χ2n) is 5.06. The minimum absolute atomic E-state index is 0.00896. The molecule has 1 amide bonds. The summed E-state index contributed by atoms with van der Waals surface area (Å²) in [6, 6.07) is 3.82. The Morgan fingerprint density at radius 3 is 2.58 bits per heavy atom. The molecule has 0 saturated heterocycles. The van der Waals surface area contributed by atoms with Crippen molar-refractivity contribution in [3.63, 3.8) is 0 Å². The first-order chi connectivity index (χ1) is 9.10. The van der Waals surface area contributed by atoms with Gasteiger partial charge in [-0.3, -0.25) is 9.78 Å². The van der Waals surface area contributed by atoms with Gasteiger partial charge in [-0.25, -0.2) is 0 Å². The fourth-order valence-corrected chi connectivity index (χ4v) is 1.95. The zero-order chi connectivity index (χ0) is 14.3. The van der Waals surface area contributed by atoms with Gasteiger partial charge in [-0.1, -0.05) is 25.8 Å². The number of aromatic nitrogens is 1. The molecule has 4 nitrogen and oxygen atoms in total. The number of hydrogen-bond acceptors (Lipinski definition) is 3. The summed E-state index contributed by atoms with van der Waals surface area (Å²) in [6.45, 7) is 7.49. The monoisotopic (exact) mass is 263 g/mol. The number of carbonyl (C=O) groups is 1. The van der Waals surface area contributed by atoms with Crippen LogP contribution in [0.3, 0.4) is 0 Å². The molecule has 1 aromatic heterocycles. The lowest BCUT2D eigenvalue weighted by Crippen LogP contribution is -2.38. The molecule has 0 radical (unpaired) electrons.